The van der Waals surface area contributed by atoms with Gasteiger partial charge in [0.15, 0.2) is 0 Å². The lowest BCUT2D eigenvalue weighted by Gasteiger charge is -2.02. The Morgan fingerprint density at radius 1 is 1.40 bits per heavy atom. The van der Waals surface area contributed by atoms with Crippen LogP contribution in [0.15, 0.2) is 45.3 Å². The zero-order chi connectivity index (χ0) is 10.7. The Kier molecular flexibility index (Phi) is 2.68. The van der Waals surface area contributed by atoms with Crippen molar-refractivity contribution >= 4 is 17.6 Å². The van der Waals surface area contributed by atoms with Gasteiger partial charge in [0.25, 0.3) is 5.22 Å². The van der Waals surface area contributed by atoms with Crippen molar-refractivity contribution in [2.45, 2.75) is 10.1 Å². The molecule has 0 aromatic carbocycles. The number of nitrogens with zero attached hydrogens (tertiary/aromatic N) is 2. The van der Waals surface area contributed by atoms with E-state index >= 15 is 0 Å². The smallest absolute Gasteiger partial charge is 0.260 e. The first-order valence-corrected chi connectivity index (χ1v) is 4.96. The molecule has 0 bridgehead atoms. The highest BCUT2D eigenvalue weighted by atomic mass is 32.2. The van der Waals surface area contributed by atoms with Crippen LogP contribution in [0.5, 0.6) is 0 Å². The molecule has 0 saturated carbocycles. The summed E-state index contributed by atoms with van der Waals surface area (Å²) in [7, 11) is 0. The lowest BCUT2D eigenvalue weighted by Crippen LogP contribution is -2.14. The number of amidine groups is 1. The highest BCUT2D eigenvalue weighted by molar-refractivity contribution is 7.99. The molecule has 0 fully saturated rings. The highest BCUT2D eigenvalue weighted by Crippen LogP contribution is 2.27. The topological polar surface area (TPSA) is 88.8 Å². The van der Waals surface area contributed by atoms with Gasteiger partial charge in [0.2, 0.25) is 0 Å². The average molecular weight is 220 g/mol. The molecule has 2 aromatic rings. The fourth-order valence-electron chi connectivity index (χ4n) is 1.03. The monoisotopic (exact) mass is 220 g/mol. The molecule has 0 atom stereocenters. The number of oxazole rings is 1. The molecule has 76 valence electrons. The summed E-state index contributed by atoms with van der Waals surface area (Å²) in [6.07, 6.45) is 4.65. The fraction of sp³-hybridized carbons (Fsp3) is 0. The van der Waals surface area contributed by atoms with Gasteiger partial charge in [-0.1, -0.05) is 0 Å². The lowest BCUT2D eigenvalue weighted by molar-refractivity contribution is 0.454. The molecular weight excluding hydrogens is 212 g/mol. The van der Waals surface area contributed by atoms with Crippen molar-refractivity contribution in [3.8, 4) is 0 Å². The van der Waals surface area contributed by atoms with Gasteiger partial charge >= 0.3 is 0 Å². The molecule has 15 heavy (non-hydrogen) atoms. The van der Waals surface area contributed by atoms with Crippen molar-refractivity contribution < 1.29 is 4.42 Å². The Hall–Kier alpha value is -1.82. The van der Waals surface area contributed by atoms with Crippen LogP contribution in [-0.4, -0.2) is 15.8 Å². The van der Waals surface area contributed by atoms with Crippen LogP contribution in [0, 0.1) is 5.41 Å². The maximum absolute atomic E-state index is 7.36. The summed E-state index contributed by atoms with van der Waals surface area (Å²) >= 11 is 1.29. The molecule has 0 spiro atoms. The molecule has 6 heteroatoms. The number of hydrogen-bond acceptors (Lipinski definition) is 5. The molecule has 0 unspecified atom stereocenters. The van der Waals surface area contributed by atoms with Gasteiger partial charge in [0.1, 0.15) is 17.8 Å². The van der Waals surface area contributed by atoms with Gasteiger partial charge in [-0.25, -0.2) is 4.98 Å². The second-order valence-electron chi connectivity index (χ2n) is 2.66. The van der Waals surface area contributed by atoms with E-state index < -0.39 is 0 Å². The van der Waals surface area contributed by atoms with E-state index in [2.05, 4.69) is 9.97 Å². The van der Waals surface area contributed by atoms with Crippen LogP contribution in [0.4, 0.5) is 0 Å². The molecule has 0 amide bonds. The quantitative estimate of drug-likeness (QED) is 0.604. The minimum Gasteiger partial charge on any atom is -0.440 e. The molecule has 0 aliphatic rings. The maximum atomic E-state index is 7.36. The van der Waals surface area contributed by atoms with E-state index in [1.807, 2.05) is 6.07 Å². The van der Waals surface area contributed by atoms with Crippen molar-refractivity contribution in [3.05, 3.63) is 36.5 Å². The van der Waals surface area contributed by atoms with Crippen molar-refractivity contribution in [3.63, 3.8) is 0 Å². The van der Waals surface area contributed by atoms with Gasteiger partial charge in [-0.2, -0.15) is 0 Å². The molecule has 0 saturated heterocycles. The normalized spacial score (nSPS) is 10.1. The third-order valence-corrected chi connectivity index (χ3v) is 2.56. The van der Waals surface area contributed by atoms with E-state index in [0.717, 1.165) is 4.90 Å². The van der Waals surface area contributed by atoms with Crippen LogP contribution in [0.1, 0.15) is 5.69 Å². The summed E-state index contributed by atoms with van der Waals surface area (Å²) in [4.78, 5) is 8.75. The average Bonchev–Trinajstić information content (AvgIpc) is 2.71. The number of aromatic nitrogens is 2. The number of hydrogen-bond donors (Lipinski definition) is 2. The Labute approximate surface area is 90.2 Å². The van der Waals surface area contributed by atoms with Crippen LogP contribution in [0.3, 0.4) is 0 Å². The largest absolute Gasteiger partial charge is 0.440 e. The highest BCUT2D eigenvalue weighted by Gasteiger charge is 2.09. The number of nitrogens with two attached hydrogens (primary N) is 1. The summed E-state index contributed by atoms with van der Waals surface area (Å²) in [5, 5.41) is 7.86. The van der Waals surface area contributed by atoms with Crippen molar-refractivity contribution in [2.24, 2.45) is 5.73 Å². The summed E-state index contributed by atoms with van der Waals surface area (Å²) in [5.41, 5.74) is 5.85. The third kappa shape index (κ3) is 2.16. The van der Waals surface area contributed by atoms with Gasteiger partial charge in [0, 0.05) is 11.1 Å². The summed E-state index contributed by atoms with van der Waals surface area (Å²) in [6.45, 7) is 0. The Balaban J connectivity index is 2.32. The zero-order valence-electron chi connectivity index (χ0n) is 7.68. The van der Waals surface area contributed by atoms with Crippen LogP contribution < -0.4 is 5.73 Å². The van der Waals surface area contributed by atoms with Gasteiger partial charge in [-0.05, 0) is 23.9 Å². The van der Waals surface area contributed by atoms with Gasteiger partial charge < -0.3 is 10.2 Å². The van der Waals surface area contributed by atoms with Crippen LogP contribution in [0.25, 0.3) is 0 Å². The molecule has 3 N–H and O–H groups in total. The first kappa shape index (κ1) is 9.72. The molecule has 0 aliphatic carbocycles. The molecule has 0 aliphatic heterocycles. The molecule has 2 aromatic heterocycles. The molecule has 2 heterocycles. The number of rotatable bonds is 3. The minimum absolute atomic E-state index is 0.0651. The second kappa shape index (κ2) is 4.14. The van der Waals surface area contributed by atoms with Gasteiger partial charge in [-0.3, -0.25) is 10.4 Å². The first-order chi connectivity index (χ1) is 7.27. The molecule has 5 nitrogen and oxygen atoms in total. The fourth-order valence-corrected chi connectivity index (χ4v) is 1.84. The standard InChI is InChI=1S/C9H8N4OS/c10-8(11)7-6(2-1-3-12-7)15-9-13-4-5-14-9/h1-5H,(H3,10,11). The lowest BCUT2D eigenvalue weighted by atomic mass is 10.3. The van der Waals surface area contributed by atoms with Gasteiger partial charge in [0.05, 0.1) is 6.20 Å². The Morgan fingerprint density at radius 3 is 2.93 bits per heavy atom. The number of nitrogens with one attached hydrogen (secondary N) is 1. The van der Waals surface area contributed by atoms with E-state index in [0.29, 0.717) is 10.9 Å². The van der Waals surface area contributed by atoms with E-state index in [4.69, 9.17) is 15.6 Å². The van der Waals surface area contributed by atoms with E-state index in [9.17, 15) is 0 Å². The Bertz CT molecular complexity index is 469. The second-order valence-corrected chi connectivity index (χ2v) is 3.66. The summed E-state index contributed by atoms with van der Waals surface area (Å²) in [6, 6.07) is 3.59. The first-order valence-electron chi connectivity index (χ1n) is 4.14. The predicted molar refractivity (Wildman–Crippen MR) is 55.9 cm³/mol. The van der Waals surface area contributed by atoms with E-state index in [1.165, 1.54) is 18.0 Å². The number of pyridine rings is 1. The molecule has 2 rings (SSSR count). The SMILES string of the molecule is N=C(N)c1ncccc1Sc1ncco1. The maximum Gasteiger partial charge on any atom is 0.260 e. The van der Waals surface area contributed by atoms with E-state index in [1.54, 1.807) is 18.5 Å². The van der Waals surface area contributed by atoms with Crippen molar-refractivity contribution in [1.82, 2.24) is 9.97 Å². The third-order valence-electron chi connectivity index (χ3n) is 1.63. The van der Waals surface area contributed by atoms with Gasteiger partial charge in [-0.15, -0.1) is 0 Å². The summed E-state index contributed by atoms with van der Waals surface area (Å²) in [5.74, 6) is -0.0651. The van der Waals surface area contributed by atoms with E-state index in [-0.39, 0.29) is 5.84 Å². The predicted octanol–water partition coefficient (Wildman–Crippen LogP) is 1.50. The van der Waals surface area contributed by atoms with Crippen molar-refractivity contribution in [2.75, 3.05) is 0 Å². The minimum atomic E-state index is -0.0651. The number of nitrogen functional groups attached to an aromatic ring is 1. The summed E-state index contributed by atoms with van der Waals surface area (Å²) < 4.78 is 5.08. The molecular formula is C9H8N4OS. The molecule has 0 radical (unpaired) electrons. The Morgan fingerprint density at radius 2 is 2.27 bits per heavy atom. The zero-order valence-corrected chi connectivity index (χ0v) is 8.49. The van der Waals surface area contributed by atoms with Crippen LogP contribution in [0.2, 0.25) is 0 Å². The van der Waals surface area contributed by atoms with Crippen LogP contribution >= 0.6 is 11.8 Å². The van der Waals surface area contributed by atoms with Crippen molar-refractivity contribution in [1.29, 1.82) is 5.41 Å². The van der Waals surface area contributed by atoms with Crippen LogP contribution in [-0.2, 0) is 0 Å².